The van der Waals surface area contributed by atoms with Crippen LogP contribution < -0.4 is 4.74 Å². The Morgan fingerprint density at radius 1 is 0.880 bits per heavy atom. The van der Waals surface area contributed by atoms with Crippen LogP contribution in [0, 0.1) is 18.8 Å². The van der Waals surface area contributed by atoms with Crippen LogP contribution >= 0.6 is 0 Å². The second-order valence-corrected chi connectivity index (χ2v) is 8.25. The maximum atomic E-state index is 6.19. The van der Waals surface area contributed by atoms with Gasteiger partial charge in [0.25, 0.3) is 0 Å². The molecule has 25 heavy (non-hydrogen) atoms. The zero-order chi connectivity index (χ0) is 17.9. The molecule has 0 atom stereocenters. The van der Waals surface area contributed by atoms with E-state index in [1.54, 1.807) is 0 Å². The van der Waals surface area contributed by atoms with E-state index in [9.17, 15) is 0 Å². The smallest absolute Gasteiger partial charge is 0.122 e. The van der Waals surface area contributed by atoms with Crippen molar-refractivity contribution in [1.29, 1.82) is 0 Å². The summed E-state index contributed by atoms with van der Waals surface area (Å²) in [6.45, 7) is 7.68. The van der Waals surface area contributed by atoms with E-state index in [-0.39, 0.29) is 0 Å². The Hall–Kier alpha value is -0.980. The van der Waals surface area contributed by atoms with Gasteiger partial charge in [0.1, 0.15) is 5.75 Å². The summed E-state index contributed by atoms with van der Waals surface area (Å²) in [6, 6.07) is 6.80. The van der Waals surface area contributed by atoms with Crippen molar-refractivity contribution in [2.45, 2.75) is 97.8 Å². The quantitative estimate of drug-likeness (QED) is 0.378. The largest absolute Gasteiger partial charge is 0.493 e. The molecule has 1 aromatic rings. The van der Waals surface area contributed by atoms with E-state index >= 15 is 0 Å². The molecule has 1 nitrogen and oxygen atoms in total. The molecule has 1 aliphatic rings. The van der Waals surface area contributed by atoms with E-state index in [2.05, 4.69) is 39.0 Å². The Bertz CT molecular complexity index is 471. The molecule has 0 bridgehead atoms. The third kappa shape index (κ3) is 7.42. The molecule has 0 radical (unpaired) electrons. The average molecular weight is 345 g/mol. The lowest BCUT2D eigenvalue weighted by atomic mass is 9.80. The molecule has 0 aliphatic heterocycles. The first-order chi connectivity index (χ1) is 12.2. The molecule has 0 spiro atoms. The molecule has 2 rings (SSSR count). The second-order valence-electron chi connectivity index (χ2n) is 8.25. The number of benzene rings is 1. The van der Waals surface area contributed by atoms with Crippen LogP contribution in [0.4, 0.5) is 0 Å². The van der Waals surface area contributed by atoms with E-state index in [0.29, 0.717) is 0 Å². The fraction of sp³-hybridized carbons (Fsp3) is 0.750. The first-order valence-corrected chi connectivity index (χ1v) is 10.9. The monoisotopic (exact) mass is 344 g/mol. The van der Waals surface area contributed by atoms with Gasteiger partial charge in [-0.05, 0) is 61.6 Å². The van der Waals surface area contributed by atoms with Crippen LogP contribution in [-0.2, 0) is 6.42 Å². The van der Waals surface area contributed by atoms with Crippen molar-refractivity contribution < 1.29 is 4.74 Å². The highest BCUT2D eigenvalue weighted by atomic mass is 16.5. The van der Waals surface area contributed by atoms with Gasteiger partial charge in [-0.15, -0.1) is 0 Å². The van der Waals surface area contributed by atoms with E-state index in [1.165, 1.54) is 88.2 Å². The molecule has 0 saturated heterocycles. The Morgan fingerprint density at radius 3 is 2.24 bits per heavy atom. The van der Waals surface area contributed by atoms with Crippen molar-refractivity contribution in [2.75, 3.05) is 6.61 Å². The highest BCUT2D eigenvalue weighted by Gasteiger charge is 2.21. The van der Waals surface area contributed by atoms with Gasteiger partial charge in [0.15, 0.2) is 0 Å². The van der Waals surface area contributed by atoms with Crippen LogP contribution in [0.5, 0.6) is 5.75 Å². The summed E-state index contributed by atoms with van der Waals surface area (Å²) >= 11 is 0. The molecule has 0 amide bonds. The van der Waals surface area contributed by atoms with Crippen LogP contribution in [0.2, 0.25) is 0 Å². The third-order valence-electron chi connectivity index (χ3n) is 5.97. The zero-order valence-electron chi connectivity index (χ0n) is 17.0. The number of unbranched alkanes of at least 4 members (excludes halogenated alkanes) is 4. The van der Waals surface area contributed by atoms with Gasteiger partial charge in [-0.1, -0.05) is 77.3 Å². The summed E-state index contributed by atoms with van der Waals surface area (Å²) in [6.07, 6.45) is 16.4. The molecule has 1 aromatic carbocycles. The van der Waals surface area contributed by atoms with Gasteiger partial charge in [-0.25, -0.2) is 0 Å². The van der Waals surface area contributed by atoms with E-state index in [1.807, 2.05) is 0 Å². The predicted molar refractivity (Wildman–Crippen MR) is 109 cm³/mol. The SMILES string of the molecule is CCCCCc1ccc(OCC2CCC(CCCCC)CC2)c(C)c1. The maximum Gasteiger partial charge on any atom is 0.122 e. The van der Waals surface area contributed by atoms with Crippen molar-refractivity contribution >= 4 is 0 Å². The Labute approximate surface area is 156 Å². The van der Waals surface area contributed by atoms with E-state index < -0.39 is 0 Å². The highest BCUT2D eigenvalue weighted by Crippen LogP contribution is 2.32. The van der Waals surface area contributed by atoms with Crippen LogP contribution in [0.25, 0.3) is 0 Å². The molecule has 0 heterocycles. The highest BCUT2D eigenvalue weighted by molar-refractivity contribution is 5.36. The Balaban J connectivity index is 1.69. The van der Waals surface area contributed by atoms with Gasteiger partial charge < -0.3 is 4.74 Å². The van der Waals surface area contributed by atoms with Crippen LogP contribution in [-0.4, -0.2) is 6.61 Å². The summed E-state index contributed by atoms with van der Waals surface area (Å²) in [5.74, 6) is 2.86. The molecule has 0 N–H and O–H groups in total. The summed E-state index contributed by atoms with van der Waals surface area (Å²) in [7, 11) is 0. The fourth-order valence-electron chi connectivity index (χ4n) is 4.19. The molecule has 0 unspecified atom stereocenters. The van der Waals surface area contributed by atoms with Gasteiger partial charge in [-0.3, -0.25) is 0 Å². The third-order valence-corrected chi connectivity index (χ3v) is 5.97. The second kappa shape index (κ2) is 11.6. The van der Waals surface area contributed by atoms with Crippen molar-refractivity contribution in [3.63, 3.8) is 0 Å². The number of ether oxygens (including phenoxy) is 1. The summed E-state index contributed by atoms with van der Waals surface area (Å²) in [5, 5.41) is 0. The lowest BCUT2D eigenvalue weighted by molar-refractivity contribution is 0.177. The zero-order valence-corrected chi connectivity index (χ0v) is 17.0. The van der Waals surface area contributed by atoms with Gasteiger partial charge in [0.2, 0.25) is 0 Å². The molecular weight excluding hydrogens is 304 g/mol. The lowest BCUT2D eigenvalue weighted by Crippen LogP contribution is -2.20. The van der Waals surface area contributed by atoms with Crippen molar-refractivity contribution in [2.24, 2.45) is 11.8 Å². The van der Waals surface area contributed by atoms with Gasteiger partial charge in [-0.2, -0.15) is 0 Å². The first kappa shape index (κ1) is 20.3. The number of aryl methyl sites for hydroxylation is 2. The molecule has 0 aromatic heterocycles. The minimum absolute atomic E-state index is 0.769. The average Bonchev–Trinajstić information content (AvgIpc) is 2.62. The fourth-order valence-corrected chi connectivity index (χ4v) is 4.19. The molecule has 1 aliphatic carbocycles. The summed E-state index contributed by atoms with van der Waals surface area (Å²) in [4.78, 5) is 0. The van der Waals surface area contributed by atoms with E-state index in [0.717, 1.165) is 24.2 Å². The van der Waals surface area contributed by atoms with Crippen molar-refractivity contribution in [3.8, 4) is 5.75 Å². The van der Waals surface area contributed by atoms with Gasteiger partial charge in [0, 0.05) is 0 Å². The Morgan fingerprint density at radius 2 is 1.56 bits per heavy atom. The van der Waals surface area contributed by atoms with Crippen LogP contribution in [0.3, 0.4) is 0 Å². The van der Waals surface area contributed by atoms with E-state index in [4.69, 9.17) is 4.74 Å². The van der Waals surface area contributed by atoms with Crippen molar-refractivity contribution in [3.05, 3.63) is 29.3 Å². The molecule has 142 valence electrons. The minimum Gasteiger partial charge on any atom is -0.493 e. The van der Waals surface area contributed by atoms with Gasteiger partial charge in [0.05, 0.1) is 6.61 Å². The minimum atomic E-state index is 0.769. The number of rotatable bonds is 11. The predicted octanol–water partition coefficient (Wildman–Crippen LogP) is 7.49. The summed E-state index contributed by atoms with van der Waals surface area (Å²) in [5.41, 5.74) is 2.77. The van der Waals surface area contributed by atoms with Crippen LogP contribution in [0.1, 0.15) is 95.6 Å². The molecule has 1 saturated carbocycles. The van der Waals surface area contributed by atoms with Gasteiger partial charge >= 0.3 is 0 Å². The molecular formula is C24H40O. The number of hydrogen-bond donors (Lipinski definition) is 0. The summed E-state index contributed by atoms with van der Waals surface area (Å²) < 4.78 is 6.19. The normalized spacial score (nSPS) is 20.6. The lowest BCUT2D eigenvalue weighted by Gasteiger charge is -2.28. The number of hydrogen-bond acceptors (Lipinski definition) is 1. The van der Waals surface area contributed by atoms with Crippen LogP contribution in [0.15, 0.2) is 18.2 Å². The Kier molecular flexibility index (Phi) is 9.43. The molecule has 1 fully saturated rings. The standard InChI is InChI=1S/C24H40O/c1-4-6-8-10-21-12-14-23(15-13-21)19-25-24-17-16-22(18-20(24)3)11-9-7-5-2/h16-18,21,23H,4-15,19H2,1-3H3. The van der Waals surface area contributed by atoms with Crippen molar-refractivity contribution in [1.82, 2.24) is 0 Å². The topological polar surface area (TPSA) is 9.23 Å². The maximum absolute atomic E-state index is 6.19. The molecule has 1 heteroatoms. The first-order valence-electron chi connectivity index (χ1n) is 10.9.